The number of amides is 1. The number of ether oxygens (including phenoxy) is 1. The molecule has 2 aromatic carbocycles. The number of nitrogens with one attached hydrogen (secondary N) is 2. The number of nitrogens with zero attached hydrogens (tertiary/aromatic N) is 2. The number of alkyl halides is 3. The lowest BCUT2D eigenvalue weighted by atomic mass is 9.99. The molecule has 3 aromatic rings. The van der Waals surface area contributed by atoms with Gasteiger partial charge in [0.15, 0.2) is 0 Å². The Morgan fingerprint density at radius 3 is 2.63 bits per heavy atom. The first-order valence-electron chi connectivity index (χ1n) is 12.3. The number of imidazole rings is 1. The molecule has 0 aliphatic heterocycles. The van der Waals surface area contributed by atoms with Crippen LogP contribution in [0.3, 0.4) is 0 Å². The highest BCUT2D eigenvalue weighted by atomic mass is 19.4. The number of benzene rings is 2. The highest BCUT2D eigenvalue weighted by Crippen LogP contribution is 2.36. The summed E-state index contributed by atoms with van der Waals surface area (Å²) in [4.78, 5) is 29.7. The maximum absolute atomic E-state index is 14.2. The van der Waals surface area contributed by atoms with Crippen LogP contribution in [0.15, 0.2) is 48.8 Å². The first-order chi connectivity index (χ1) is 18.1. The summed E-state index contributed by atoms with van der Waals surface area (Å²) in [6, 6.07) is 8.86. The summed E-state index contributed by atoms with van der Waals surface area (Å²) in [5, 5.41) is 10.3. The fraction of sp³-hybridized carbons (Fsp3) is 0.333. The Balaban J connectivity index is 1.68. The number of carbonyl (C=O) groups is 2. The maximum atomic E-state index is 14.2. The van der Waals surface area contributed by atoms with Crippen molar-refractivity contribution in [2.24, 2.45) is 5.73 Å². The minimum atomic E-state index is -4.72. The van der Waals surface area contributed by atoms with Crippen LogP contribution in [-0.4, -0.2) is 33.9 Å². The first kappa shape index (κ1) is 26.9. The highest BCUT2D eigenvalue weighted by molar-refractivity contribution is 5.96. The van der Waals surface area contributed by atoms with Gasteiger partial charge < -0.3 is 20.4 Å². The second kappa shape index (κ2) is 11.1. The molecule has 4 N–H and O–H groups in total. The quantitative estimate of drug-likeness (QED) is 0.227. The Bertz CT molecular complexity index is 1370. The molecular weight excluding hydrogens is 499 g/mol. The number of carbonyl (C=O) groups excluding carboxylic acids is 2. The SMILES string of the molecule is CCOC(=O)CC(NC(=O)c1ccc(-n2cnc3c2CCCC3)c(C(F)(F)F)c1)c1cccc(C(=N)N)c1. The van der Waals surface area contributed by atoms with Crippen LogP contribution in [0.5, 0.6) is 0 Å². The van der Waals surface area contributed by atoms with E-state index in [1.165, 1.54) is 23.0 Å². The summed E-state index contributed by atoms with van der Waals surface area (Å²) < 4.78 is 48.9. The van der Waals surface area contributed by atoms with Crippen molar-refractivity contribution in [3.05, 3.63) is 82.4 Å². The number of hydrogen-bond donors (Lipinski definition) is 3. The van der Waals surface area contributed by atoms with E-state index in [9.17, 15) is 22.8 Å². The van der Waals surface area contributed by atoms with Crippen molar-refractivity contribution in [1.29, 1.82) is 5.41 Å². The Morgan fingerprint density at radius 1 is 1.16 bits per heavy atom. The third-order valence-corrected chi connectivity index (χ3v) is 6.44. The molecule has 1 heterocycles. The molecule has 0 saturated carbocycles. The largest absolute Gasteiger partial charge is 0.466 e. The van der Waals surface area contributed by atoms with Crippen LogP contribution in [0.25, 0.3) is 5.69 Å². The van der Waals surface area contributed by atoms with Crippen LogP contribution in [0.1, 0.15) is 70.7 Å². The monoisotopic (exact) mass is 527 g/mol. The van der Waals surface area contributed by atoms with Crippen molar-refractivity contribution in [2.45, 2.75) is 51.2 Å². The summed E-state index contributed by atoms with van der Waals surface area (Å²) in [5.41, 5.74) is 6.67. The van der Waals surface area contributed by atoms with E-state index in [1.807, 2.05) is 0 Å². The number of halogens is 3. The second-order valence-electron chi connectivity index (χ2n) is 9.02. The topological polar surface area (TPSA) is 123 Å². The summed E-state index contributed by atoms with van der Waals surface area (Å²) in [6.07, 6.45) is -0.424. The summed E-state index contributed by atoms with van der Waals surface area (Å²) in [6.45, 7) is 1.76. The lowest BCUT2D eigenvalue weighted by Crippen LogP contribution is -2.31. The molecule has 4 rings (SSSR count). The average molecular weight is 528 g/mol. The number of esters is 1. The van der Waals surface area contributed by atoms with E-state index < -0.39 is 29.7 Å². The Morgan fingerprint density at radius 2 is 1.92 bits per heavy atom. The van der Waals surface area contributed by atoms with Crippen molar-refractivity contribution >= 4 is 17.7 Å². The standard InChI is InChI=1S/C27H28F3N5O3/c1-2-38-24(36)14-21(16-6-5-7-17(12-16)25(31)32)34-26(37)18-10-11-22(19(13-18)27(28,29)30)35-15-33-20-8-3-4-9-23(20)35/h5-7,10-13,15,21H,2-4,8-9,14H2,1H3,(H3,31,32)(H,34,37). The molecule has 0 radical (unpaired) electrons. The van der Waals surface area contributed by atoms with E-state index in [0.29, 0.717) is 17.5 Å². The summed E-state index contributed by atoms with van der Waals surface area (Å²) in [7, 11) is 0. The van der Waals surface area contributed by atoms with Gasteiger partial charge in [-0.3, -0.25) is 15.0 Å². The minimum Gasteiger partial charge on any atom is -0.466 e. The molecule has 1 aliphatic carbocycles. The van der Waals surface area contributed by atoms with Crippen LogP contribution in [0, 0.1) is 5.41 Å². The van der Waals surface area contributed by atoms with Crippen molar-refractivity contribution in [3.8, 4) is 5.69 Å². The van der Waals surface area contributed by atoms with Gasteiger partial charge >= 0.3 is 12.1 Å². The maximum Gasteiger partial charge on any atom is 0.418 e. The Labute approximate surface area is 217 Å². The third-order valence-electron chi connectivity index (χ3n) is 6.44. The minimum absolute atomic E-state index is 0.0954. The zero-order valence-electron chi connectivity index (χ0n) is 20.8. The first-order valence-corrected chi connectivity index (χ1v) is 12.3. The number of fused-ring (bicyclic) bond motifs is 1. The van der Waals surface area contributed by atoms with E-state index in [1.54, 1.807) is 31.2 Å². The molecule has 0 fully saturated rings. The molecule has 11 heteroatoms. The fourth-order valence-electron chi connectivity index (χ4n) is 4.59. The molecule has 1 atom stereocenters. The fourth-order valence-corrected chi connectivity index (χ4v) is 4.59. The molecule has 1 aliphatic rings. The molecule has 1 unspecified atom stereocenters. The zero-order chi connectivity index (χ0) is 27.4. The molecule has 8 nitrogen and oxygen atoms in total. The highest BCUT2D eigenvalue weighted by Gasteiger charge is 2.36. The van der Waals surface area contributed by atoms with Crippen LogP contribution in [-0.2, 0) is 28.5 Å². The van der Waals surface area contributed by atoms with E-state index >= 15 is 0 Å². The number of rotatable bonds is 8. The van der Waals surface area contributed by atoms with E-state index in [2.05, 4.69) is 10.3 Å². The van der Waals surface area contributed by atoms with Gasteiger partial charge in [0.25, 0.3) is 5.91 Å². The van der Waals surface area contributed by atoms with Gasteiger partial charge in [0.2, 0.25) is 0 Å². The van der Waals surface area contributed by atoms with Gasteiger partial charge in [-0.05, 0) is 62.4 Å². The molecule has 1 amide bonds. The van der Waals surface area contributed by atoms with Crippen molar-refractivity contribution < 1.29 is 27.5 Å². The molecule has 0 spiro atoms. The molecular formula is C27H28F3N5O3. The molecule has 38 heavy (non-hydrogen) atoms. The van der Waals surface area contributed by atoms with Crippen LogP contribution >= 0.6 is 0 Å². The Kier molecular flexibility index (Phi) is 7.84. The molecule has 1 aromatic heterocycles. The lowest BCUT2D eigenvalue weighted by molar-refractivity contribution is -0.143. The van der Waals surface area contributed by atoms with Crippen LogP contribution < -0.4 is 11.1 Å². The number of nitrogen functional groups attached to an aromatic ring is 1. The number of aromatic nitrogens is 2. The second-order valence-corrected chi connectivity index (χ2v) is 9.02. The molecule has 200 valence electrons. The predicted octanol–water partition coefficient (Wildman–Crippen LogP) is 4.48. The number of hydrogen-bond acceptors (Lipinski definition) is 5. The number of nitrogens with two attached hydrogens (primary N) is 1. The Hall–Kier alpha value is -4.15. The van der Waals surface area contributed by atoms with Gasteiger partial charge in [-0.25, -0.2) is 4.98 Å². The van der Waals surface area contributed by atoms with E-state index in [-0.39, 0.29) is 30.1 Å². The van der Waals surface area contributed by atoms with Gasteiger partial charge in [-0.1, -0.05) is 18.2 Å². The summed E-state index contributed by atoms with van der Waals surface area (Å²) in [5.74, 6) is -1.60. The van der Waals surface area contributed by atoms with Crippen LogP contribution in [0.2, 0.25) is 0 Å². The van der Waals surface area contributed by atoms with Crippen LogP contribution in [0.4, 0.5) is 13.2 Å². The summed E-state index contributed by atoms with van der Waals surface area (Å²) >= 11 is 0. The van der Waals surface area contributed by atoms with Gasteiger partial charge in [0.05, 0.1) is 42.3 Å². The molecule has 0 bridgehead atoms. The smallest absolute Gasteiger partial charge is 0.418 e. The lowest BCUT2D eigenvalue weighted by Gasteiger charge is -2.21. The van der Waals surface area contributed by atoms with Gasteiger partial charge in [0.1, 0.15) is 5.84 Å². The van der Waals surface area contributed by atoms with Crippen molar-refractivity contribution in [2.75, 3.05) is 6.61 Å². The average Bonchev–Trinajstić information content (AvgIpc) is 3.31. The number of aryl methyl sites for hydroxylation is 1. The van der Waals surface area contributed by atoms with E-state index in [4.69, 9.17) is 15.9 Å². The predicted molar refractivity (Wildman–Crippen MR) is 134 cm³/mol. The van der Waals surface area contributed by atoms with Gasteiger partial charge in [-0.15, -0.1) is 0 Å². The van der Waals surface area contributed by atoms with Crippen molar-refractivity contribution in [1.82, 2.24) is 14.9 Å². The molecule has 0 saturated heterocycles. The normalized spacial score (nSPS) is 13.9. The van der Waals surface area contributed by atoms with Gasteiger partial charge in [0, 0.05) is 16.8 Å². The van der Waals surface area contributed by atoms with E-state index in [0.717, 1.165) is 36.7 Å². The van der Waals surface area contributed by atoms with Crippen molar-refractivity contribution in [3.63, 3.8) is 0 Å². The zero-order valence-corrected chi connectivity index (χ0v) is 20.8. The van der Waals surface area contributed by atoms with Gasteiger partial charge in [-0.2, -0.15) is 13.2 Å². The number of amidine groups is 1. The third kappa shape index (κ3) is 5.87.